The largest absolute Gasteiger partial charge is 0.349 e. The minimum absolute atomic E-state index is 0.0914. The molecule has 4 saturated carbocycles. The lowest BCUT2D eigenvalue weighted by molar-refractivity contribution is -0.145. The fourth-order valence-electron chi connectivity index (χ4n) is 6.63. The van der Waals surface area contributed by atoms with E-state index >= 15 is 0 Å². The van der Waals surface area contributed by atoms with Gasteiger partial charge in [0.25, 0.3) is 0 Å². The maximum atomic E-state index is 13.3. The fourth-order valence-corrected chi connectivity index (χ4v) is 7.32. The summed E-state index contributed by atoms with van der Waals surface area (Å²) in [4.78, 5) is 13.3. The summed E-state index contributed by atoms with van der Waals surface area (Å²) in [6.45, 7) is 0. The molecule has 4 fully saturated rings. The molecule has 0 spiro atoms. The maximum Gasteiger partial charge on any atom is 0.226 e. The van der Waals surface area contributed by atoms with E-state index in [1.165, 1.54) is 24.0 Å². The van der Waals surface area contributed by atoms with Crippen LogP contribution in [0.15, 0.2) is 24.3 Å². The summed E-state index contributed by atoms with van der Waals surface area (Å²) >= 11 is 6.91. The highest BCUT2D eigenvalue weighted by Gasteiger charge is 2.60. The summed E-state index contributed by atoms with van der Waals surface area (Å²) in [6.07, 6.45) is 9.97. The molecule has 4 bridgehead atoms. The highest BCUT2D eigenvalue weighted by Crippen LogP contribution is 2.64. The van der Waals surface area contributed by atoms with E-state index in [9.17, 15) is 4.79 Å². The number of aryl methyl sites for hydroxylation is 1. The first-order chi connectivity index (χ1) is 11.6. The molecule has 0 unspecified atom stereocenters. The summed E-state index contributed by atoms with van der Waals surface area (Å²) in [5.74, 6) is 1.64. The Bertz CT molecular complexity index is 670. The zero-order valence-corrected chi connectivity index (χ0v) is 14.9. The average molecular weight is 344 g/mol. The summed E-state index contributed by atoms with van der Waals surface area (Å²) in [6, 6.07) is 8.82. The molecule has 1 aromatic rings. The predicted molar refractivity (Wildman–Crippen MR) is 96.0 cm³/mol. The van der Waals surface area contributed by atoms with Crippen LogP contribution in [0.2, 0.25) is 0 Å². The van der Waals surface area contributed by atoms with E-state index < -0.39 is 0 Å². The van der Waals surface area contributed by atoms with Crippen molar-refractivity contribution in [1.29, 1.82) is 0 Å². The standard InChI is InChI=1S/C21H26ClNO/c22-21-11-14-8-15(12-21)10-20(9-14,13-21)19(24)23-18-7-3-5-16-4-1-2-6-17(16)18/h1-2,4,6,14-15,18H,3,5,7-13H2,(H,23,24)/t14-,15-,18+,20?,21?/m1/s1. The van der Waals surface area contributed by atoms with Gasteiger partial charge in [-0.25, -0.2) is 0 Å². The van der Waals surface area contributed by atoms with Crippen LogP contribution >= 0.6 is 11.6 Å². The number of halogens is 1. The monoisotopic (exact) mass is 343 g/mol. The Balaban J connectivity index is 1.40. The molecule has 3 atom stereocenters. The zero-order valence-electron chi connectivity index (χ0n) is 14.2. The highest BCUT2D eigenvalue weighted by molar-refractivity contribution is 6.24. The molecule has 0 aromatic heterocycles. The van der Waals surface area contributed by atoms with E-state index in [4.69, 9.17) is 11.6 Å². The molecule has 128 valence electrons. The van der Waals surface area contributed by atoms with Gasteiger partial charge in [0, 0.05) is 4.87 Å². The number of carbonyl (C=O) groups is 1. The first-order valence-corrected chi connectivity index (χ1v) is 10.0. The Morgan fingerprint density at radius 3 is 2.62 bits per heavy atom. The van der Waals surface area contributed by atoms with Crippen LogP contribution < -0.4 is 5.32 Å². The van der Waals surface area contributed by atoms with Gasteiger partial charge in [-0.15, -0.1) is 11.6 Å². The highest BCUT2D eigenvalue weighted by atomic mass is 35.5. The lowest BCUT2D eigenvalue weighted by Crippen LogP contribution is -2.58. The van der Waals surface area contributed by atoms with Gasteiger partial charge in [-0.1, -0.05) is 24.3 Å². The van der Waals surface area contributed by atoms with Gasteiger partial charge in [-0.05, 0) is 80.8 Å². The molecule has 0 radical (unpaired) electrons. The first kappa shape index (κ1) is 15.3. The lowest BCUT2D eigenvalue weighted by Gasteiger charge is -2.59. The predicted octanol–water partition coefficient (Wildman–Crippen LogP) is 4.76. The van der Waals surface area contributed by atoms with Crippen molar-refractivity contribution in [2.24, 2.45) is 17.3 Å². The molecule has 0 saturated heterocycles. The number of rotatable bonds is 2. The van der Waals surface area contributed by atoms with Crippen LogP contribution in [0.4, 0.5) is 0 Å². The molecule has 3 heteroatoms. The smallest absolute Gasteiger partial charge is 0.226 e. The summed E-state index contributed by atoms with van der Waals surface area (Å²) < 4.78 is 0. The SMILES string of the molecule is O=C(N[C@H]1CCCc2ccccc21)C12C[C@H]3C[C@@H](CC(Cl)(C3)C1)C2. The van der Waals surface area contributed by atoms with Crippen molar-refractivity contribution in [2.75, 3.05) is 0 Å². The Kier molecular flexibility index (Phi) is 3.33. The number of carbonyl (C=O) groups excluding carboxylic acids is 1. The van der Waals surface area contributed by atoms with Crippen molar-refractivity contribution in [3.05, 3.63) is 35.4 Å². The van der Waals surface area contributed by atoms with E-state index in [1.54, 1.807) is 0 Å². The second-order valence-corrected chi connectivity index (χ2v) is 9.81. The quantitative estimate of drug-likeness (QED) is 0.771. The van der Waals surface area contributed by atoms with Crippen LogP contribution in [0.25, 0.3) is 0 Å². The Morgan fingerprint density at radius 2 is 1.88 bits per heavy atom. The number of amides is 1. The van der Waals surface area contributed by atoms with Crippen molar-refractivity contribution >= 4 is 17.5 Å². The molecule has 6 rings (SSSR count). The first-order valence-electron chi connectivity index (χ1n) is 9.63. The molecule has 2 nitrogen and oxygen atoms in total. The molecular formula is C21H26ClNO. The minimum atomic E-state index is -0.182. The van der Waals surface area contributed by atoms with Crippen LogP contribution in [0, 0.1) is 17.3 Å². The molecule has 5 aliphatic carbocycles. The van der Waals surface area contributed by atoms with E-state index in [1.807, 2.05) is 0 Å². The third-order valence-electron chi connectivity index (χ3n) is 7.15. The normalized spacial score (nSPS) is 42.6. The van der Waals surface area contributed by atoms with E-state index in [0.29, 0.717) is 17.7 Å². The number of alkyl halides is 1. The van der Waals surface area contributed by atoms with Crippen LogP contribution in [0.3, 0.4) is 0 Å². The van der Waals surface area contributed by atoms with Crippen molar-refractivity contribution in [3.8, 4) is 0 Å². The van der Waals surface area contributed by atoms with Crippen LogP contribution in [-0.4, -0.2) is 10.8 Å². The van der Waals surface area contributed by atoms with Gasteiger partial charge >= 0.3 is 0 Å². The van der Waals surface area contributed by atoms with Gasteiger partial charge in [0.1, 0.15) is 0 Å². The molecule has 0 heterocycles. The number of fused-ring (bicyclic) bond motifs is 1. The third-order valence-corrected chi connectivity index (χ3v) is 7.59. The second-order valence-electron chi connectivity index (χ2n) is 9.01. The number of hydrogen-bond acceptors (Lipinski definition) is 1. The molecular weight excluding hydrogens is 318 g/mol. The van der Waals surface area contributed by atoms with Gasteiger partial charge in [0.2, 0.25) is 5.91 Å². The Labute approximate surface area is 149 Å². The van der Waals surface area contributed by atoms with E-state index in [0.717, 1.165) is 44.9 Å². The fraction of sp³-hybridized carbons (Fsp3) is 0.667. The summed E-state index contributed by atoms with van der Waals surface area (Å²) in [7, 11) is 0. The van der Waals surface area contributed by atoms with Gasteiger partial charge in [0.05, 0.1) is 11.5 Å². The van der Waals surface area contributed by atoms with Gasteiger partial charge in [-0.3, -0.25) is 4.79 Å². The second kappa shape index (κ2) is 5.24. The van der Waals surface area contributed by atoms with Crippen LogP contribution in [-0.2, 0) is 11.2 Å². The zero-order chi connectivity index (χ0) is 16.4. The molecule has 0 aliphatic heterocycles. The average Bonchev–Trinajstić information content (AvgIpc) is 2.53. The molecule has 5 aliphatic rings. The number of benzene rings is 1. The minimum Gasteiger partial charge on any atom is -0.349 e. The molecule has 1 N–H and O–H groups in total. The van der Waals surface area contributed by atoms with Crippen molar-refractivity contribution in [1.82, 2.24) is 5.32 Å². The molecule has 24 heavy (non-hydrogen) atoms. The topological polar surface area (TPSA) is 29.1 Å². The van der Waals surface area contributed by atoms with Crippen LogP contribution in [0.1, 0.15) is 68.5 Å². The van der Waals surface area contributed by atoms with Crippen molar-refractivity contribution < 1.29 is 4.79 Å². The Hall–Kier alpha value is -1.02. The van der Waals surface area contributed by atoms with Crippen molar-refractivity contribution in [2.45, 2.75) is 68.7 Å². The van der Waals surface area contributed by atoms with E-state index in [2.05, 4.69) is 29.6 Å². The third kappa shape index (κ3) is 2.33. The van der Waals surface area contributed by atoms with Gasteiger partial charge in [0.15, 0.2) is 0 Å². The van der Waals surface area contributed by atoms with Crippen molar-refractivity contribution in [3.63, 3.8) is 0 Å². The van der Waals surface area contributed by atoms with Gasteiger partial charge < -0.3 is 5.32 Å². The molecule has 1 aromatic carbocycles. The van der Waals surface area contributed by atoms with Gasteiger partial charge in [-0.2, -0.15) is 0 Å². The molecule has 1 amide bonds. The van der Waals surface area contributed by atoms with E-state index in [-0.39, 0.29) is 16.3 Å². The maximum absolute atomic E-state index is 13.3. The summed E-state index contributed by atoms with van der Waals surface area (Å²) in [5, 5.41) is 3.45. The summed E-state index contributed by atoms with van der Waals surface area (Å²) in [5.41, 5.74) is 2.56. The number of nitrogens with one attached hydrogen (secondary N) is 1. The number of hydrogen-bond donors (Lipinski definition) is 1. The Morgan fingerprint density at radius 1 is 1.12 bits per heavy atom. The lowest BCUT2D eigenvalue weighted by atomic mass is 9.49. The van der Waals surface area contributed by atoms with Crippen LogP contribution in [0.5, 0.6) is 0 Å².